The van der Waals surface area contributed by atoms with Gasteiger partial charge in [0.25, 0.3) is 0 Å². The molecular weight excluding hydrogens is 316 g/mol. The van der Waals surface area contributed by atoms with Gasteiger partial charge in [0.15, 0.2) is 0 Å². The molecule has 3 fully saturated rings. The molecule has 5 nitrogen and oxygen atoms in total. The first kappa shape index (κ1) is 19.0. The Morgan fingerprint density at radius 3 is 2.60 bits per heavy atom. The highest BCUT2D eigenvalue weighted by molar-refractivity contribution is 5.68. The molecule has 2 heterocycles. The Morgan fingerprint density at radius 1 is 1.24 bits per heavy atom. The zero-order valence-electron chi connectivity index (χ0n) is 16.5. The van der Waals surface area contributed by atoms with Crippen LogP contribution in [0.5, 0.6) is 0 Å². The number of carbonyl (C=O) groups excluding carboxylic acids is 1. The number of nitrogens with one attached hydrogen (secondary N) is 1. The van der Waals surface area contributed by atoms with E-state index in [0.717, 1.165) is 32.5 Å². The Balaban J connectivity index is 1.59. The number of rotatable bonds is 3. The van der Waals surface area contributed by atoms with Crippen LogP contribution in [0.25, 0.3) is 0 Å². The standard InChI is InChI=1S/C20H36N2O3/c1-19(2,3)25-18(23)22-11-7-16(14-22)17(21-4)15-8-12-24-20(13-15)9-5-6-10-20/h15-17,21H,5-14H2,1-4H3. The monoisotopic (exact) mass is 352 g/mol. The molecule has 1 spiro atoms. The van der Waals surface area contributed by atoms with Crippen LogP contribution < -0.4 is 5.32 Å². The van der Waals surface area contributed by atoms with Crippen LogP contribution in [0.3, 0.4) is 0 Å². The van der Waals surface area contributed by atoms with E-state index in [1.54, 1.807) is 0 Å². The van der Waals surface area contributed by atoms with Crippen molar-refractivity contribution in [3.8, 4) is 0 Å². The second-order valence-electron chi connectivity index (χ2n) is 9.28. The normalized spacial score (nSPS) is 30.6. The van der Waals surface area contributed by atoms with Gasteiger partial charge in [0.1, 0.15) is 5.60 Å². The number of likely N-dealkylation sites (tertiary alicyclic amines) is 1. The highest BCUT2D eigenvalue weighted by Crippen LogP contribution is 2.44. The molecule has 2 saturated heterocycles. The van der Waals surface area contributed by atoms with Crippen LogP contribution in [0.1, 0.15) is 65.7 Å². The Hall–Kier alpha value is -0.810. The fourth-order valence-corrected chi connectivity index (χ4v) is 5.17. The molecule has 25 heavy (non-hydrogen) atoms. The van der Waals surface area contributed by atoms with Crippen molar-refractivity contribution in [2.24, 2.45) is 11.8 Å². The van der Waals surface area contributed by atoms with Gasteiger partial charge in [0.05, 0.1) is 5.60 Å². The van der Waals surface area contributed by atoms with Crippen molar-refractivity contribution in [3.63, 3.8) is 0 Å². The van der Waals surface area contributed by atoms with Crippen molar-refractivity contribution in [3.05, 3.63) is 0 Å². The third-order valence-corrected chi connectivity index (χ3v) is 6.27. The van der Waals surface area contributed by atoms with Gasteiger partial charge in [-0.25, -0.2) is 4.79 Å². The van der Waals surface area contributed by atoms with E-state index >= 15 is 0 Å². The molecule has 2 aliphatic heterocycles. The zero-order chi connectivity index (χ0) is 18.1. The van der Waals surface area contributed by atoms with Crippen LogP contribution in [0.15, 0.2) is 0 Å². The summed E-state index contributed by atoms with van der Waals surface area (Å²) in [6, 6.07) is 0.466. The van der Waals surface area contributed by atoms with Crippen molar-refractivity contribution < 1.29 is 14.3 Å². The second kappa shape index (κ2) is 7.43. The van der Waals surface area contributed by atoms with Crippen molar-refractivity contribution in [1.29, 1.82) is 0 Å². The van der Waals surface area contributed by atoms with Gasteiger partial charge in [0, 0.05) is 25.7 Å². The van der Waals surface area contributed by atoms with E-state index in [4.69, 9.17) is 9.47 Å². The summed E-state index contributed by atoms with van der Waals surface area (Å²) in [7, 11) is 2.08. The van der Waals surface area contributed by atoms with E-state index in [-0.39, 0.29) is 11.7 Å². The molecule has 1 amide bonds. The van der Waals surface area contributed by atoms with E-state index in [1.165, 1.54) is 32.1 Å². The topological polar surface area (TPSA) is 50.8 Å². The molecule has 5 heteroatoms. The Kier molecular flexibility index (Phi) is 5.64. The van der Waals surface area contributed by atoms with E-state index in [2.05, 4.69) is 12.4 Å². The van der Waals surface area contributed by atoms with E-state index in [0.29, 0.717) is 17.9 Å². The SMILES string of the molecule is CNC(C1CCN(C(=O)OC(C)(C)C)C1)C1CCOC2(CCCC2)C1. The van der Waals surface area contributed by atoms with Crippen LogP contribution in [0.2, 0.25) is 0 Å². The van der Waals surface area contributed by atoms with E-state index < -0.39 is 5.60 Å². The number of nitrogens with zero attached hydrogens (tertiary/aromatic N) is 1. The third kappa shape index (κ3) is 4.48. The quantitative estimate of drug-likeness (QED) is 0.844. The molecule has 0 aromatic rings. The predicted molar refractivity (Wildman–Crippen MR) is 98.6 cm³/mol. The largest absolute Gasteiger partial charge is 0.444 e. The first-order valence-corrected chi connectivity index (χ1v) is 10.1. The fraction of sp³-hybridized carbons (Fsp3) is 0.950. The number of hydrogen-bond acceptors (Lipinski definition) is 4. The average Bonchev–Trinajstić information content (AvgIpc) is 3.17. The molecule has 1 N–H and O–H groups in total. The van der Waals surface area contributed by atoms with Crippen LogP contribution in [-0.4, -0.2) is 55.0 Å². The summed E-state index contributed by atoms with van der Waals surface area (Å²) < 4.78 is 11.8. The lowest BCUT2D eigenvalue weighted by atomic mass is 9.76. The molecule has 1 aliphatic carbocycles. The first-order chi connectivity index (χ1) is 11.8. The minimum absolute atomic E-state index is 0.154. The summed E-state index contributed by atoms with van der Waals surface area (Å²) >= 11 is 0. The molecule has 0 aromatic carbocycles. The van der Waals surface area contributed by atoms with Crippen LogP contribution in [0, 0.1) is 11.8 Å². The molecule has 3 aliphatic rings. The minimum atomic E-state index is -0.423. The maximum absolute atomic E-state index is 12.4. The molecule has 0 bridgehead atoms. The fourth-order valence-electron chi connectivity index (χ4n) is 5.17. The first-order valence-electron chi connectivity index (χ1n) is 10.1. The maximum atomic E-state index is 12.4. The summed E-state index contributed by atoms with van der Waals surface area (Å²) in [6.45, 7) is 8.30. The lowest BCUT2D eigenvalue weighted by Gasteiger charge is -2.43. The van der Waals surface area contributed by atoms with E-state index in [9.17, 15) is 4.79 Å². The summed E-state index contributed by atoms with van der Waals surface area (Å²) in [6.07, 6.45) is 8.30. The van der Waals surface area contributed by atoms with Gasteiger partial charge in [-0.15, -0.1) is 0 Å². The lowest BCUT2D eigenvalue weighted by molar-refractivity contribution is -0.100. The second-order valence-corrected chi connectivity index (χ2v) is 9.28. The van der Waals surface area contributed by atoms with Crippen molar-refractivity contribution in [2.45, 2.75) is 83.0 Å². The summed E-state index contributed by atoms with van der Waals surface area (Å²) in [5.41, 5.74) is -0.269. The summed E-state index contributed by atoms with van der Waals surface area (Å²) in [5, 5.41) is 3.59. The van der Waals surface area contributed by atoms with E-state index in [1.807, 2.05) is 25.7 Å². The Bertz CT molecular complexity index is 468. The Morgan fingerprint density at radius 2 is 1.96 bits per heavy atom. The Labute approximate surface area is 152 Å². The highest BCUT2D eigenvalue weighted by Gasteiger charge is 2.44. The van der Waals surface area contributed by atoms with Gasteiger partial charge in [-0.1, -0.05) is 12.8 Å². The van der Waals surface area contributed by atoms with Gasteiger partial charge in [-0.2, -0.15) is 0 Å². The zero-order valence-corrected chi connectivity index (χ0v) is 16.5. The van der Waals surface area contributed by atoms with Crippen LogP contribution in [0.4, 0.5) is 4.79 Å². The molecule has 3 atom stereocenters. The predicted octanol–water partition coefficient (Wildman–Crippen LogP) is 3.57. The smallest absolute Gasteiger partial charge is 0.410 e. The summed E-state index contributed by atoms with van der Waals surface area (Å²) in [4.78, 5) is 14.3. The molecule has 1 saturated carbocycles. The van der Waals surface area contributed by atoms with Crippen LogP contribution in [-0.2, 0) is 9.47 Å². The highest BCUT2D eigenvalue weighted by atomic mass is 16.6. The van der Waals surface area contributed by atoms with Gasteiger partial charge >= 0.3 is 6.09 Å². The maximum Gasteiger partial charge on any atom is 0.410 e. The van der Waals surface area contributed by atoms with Crippen molar-refractivity contribution >= 4 is 6.09 Å². The van der Waals surface area contributed by atoms with Gasteiger partial charge in [-0.05, 0) is 71.8 Å². The number of amides is 1. The van der Waals surface area contributed by atoms with Gasteiger partial charge in [0.2, 0.25) is 0 Å². The number of carbonyl (C=O) groups is 1. The lowest BCUT2D eigenvalue weighted by Crippen LogP contribution is -2.48. The molecule has 144 valence electrons. The van der Waals surface area contributed by atoms with Crippen molar-refractivity contribution in [1.82, 2.24) is 10.2 Å². The molecule has 0 aromatic heterocycles. The third-order valence-electron chi connectivity index (χ3n) is 6.27. The number of hydrogen-bond donors (Lipinski definition) is 1. The summed E-state index contributed by atoms with van der Waals surface area (Å²) in [5.74, 6) is 1.17. The number of ether oxygens (including phenoxy) is 2. The minimum Gasteiger partial charge on any atom is -0.444 e. The molecule has 3 unspecified atom stereocenters. The van der Waals surface area contributed by atoms with Crippen LogP contribution >= 0.6 is 0 Å². The van der Waals surface area contributed by atoms with Gasteiger partial charge < -0.3 is 19.7 Å². The molecule has 3 rings (SSSR count). The molecule has 0 radical (unpaired) electrons. The molecular formula is C20H36N2O3. The average molecular weight is 353 g/mol. The van der Waals surface area contributed by atoms with Gasteiger partial charge in [-0.3, -0.25) is 0 Å². The van der Waals surface area contributed by atoms with Crippen molar-refractivity contribution in [2.75, 3.05) is 26.7 Å².